The molecule has 0 fully saturated rings. The predicted octanol–water partition coefficient (Wildman–Crippen LogP) is 4.66. The summed E-state index contributed by atoms with van der Waals surface area (Å²) in [6.07, 6.45) is 2.94. The van der Waals surface area contributed by atoms with Crippen molar-refractivity contribution in [1.82, 2.24) is 0 Å². The molecule has 0 amide bonds. The molecule has 3 aromatic rings. The Labute approximate surface area is 307 Å². The summed E-state index contributed by atoms with van der Waals surface area (Å²) >= 11 is 0. The number of hydrogen-bond donors (Lipinski definition) is 1. The third-order valence-corrected chi connectivity index (χ3v) is 6.48. The van der Waals surface area contributed by atoms with Crippen LogP contribution in [0.15, 0.2) is 54.6 Å². The molecule has 16 heteroatoms. The van der Waals surface area contributed by atoms with Gasteiger partial charge in [0.25, 0.3) is 0 Å². The van der Waals surface area contributed by atoms with Crippen LogP contribution in [-0.4, -0.2) is 59.0 Å². The van der Waals surface area contributed by atoms with E-state index >= 15 is 0 Å². The van der Waals surface area contributed by atoms with Gasteiger partial charge >= 0.3 is 47.8 Å². The monoisotopic (exact) mass is 746 g/mol. The first-order valence-corrected chi connectivity index (χ1v) is 15.8. The fourth-order valence-electron chi connectivity index (χ4n) is 4.56. The number of hydrogen-bond acceptors (Lipinski definition) is 15. The van der Waals surface area contributed by atoms with Gasteiger partial charge in [-0.1, -0.05) is 24.3 Å². The molecule has 1 N–H and O–H groups in total. The van der Waals surface area contributed by atoms with Gasteiger partial charge in [-0.15, -0.1) is 0 Å². The maximum absolute atomic E-state index is 13.0. The molecule has 0 spiro atoms. The molecule has 3 aromatic carbocycles. The lowest BCUT2D eigenvalue weighted by Crippen LogP contribution is -2.28. The van der Waals surface area contributed by atoms with Gasteiger partial charge in [0.05, 0.1) is 0 Å². The van der Waals surface area contributed by atoms with Gasteiger partial charge in [0.2, 0.25) is 6.10 Å². The van der Waals surface area contributed by atoms with Crippen LogP contribution < -0.4 is 28.4 Å². The lowest BCUT2D eigenvalue weighted by atomic mass is 10.0. The van der Waals surface area contributed by atoms with Gasteiger partial charge < -0.3 is 38.3 Å². The van der Waals surface area contributed by atoms with E-state index in [9.17, 15) is 43.5 Å². The van der Waals surface area contributed by atoms with E-state index in [4.69, 9.17) is 33.2 Å². The number of carboxylic acid groups (broad SMARTS) is 1. The van der Waals surface area contributed by atoms with Crippen molar-refractivity contribution < 1.29 is 76.6 Å². The van der Waals surface area contributed by atoms with Crippen molar-refractivity contribution in [2.45, 2.75) is 54.1 Å². The maximum atomic E-state index is 13.0. The van der Waals surface area contributed by atoms with Gasteiger partial charge in [-0.05, 0) is 59.2 Å². The summed E-state index contributed by atoms with van der Waals surface area (Å²) in [7, 11) is 0. The molecule has 3 rings (SSSR count). The van der Waals surface area contributed by atoms with Crippen LogP contribution in [0.3, 0.4) is 0 Å². The Hall–Kier alpha value is -7.10. The number of ether oxygens (including phenoxy) is 7. The standard InChI is InChI=1S/C38H34O16/c1-20(39)48-30-13-8-26(17-33(30)51-23(4)42)7-12-29-28(10-15-32(50-22(3)41)37(29)53-25(6)44)11-16-36(45)54-35(38(46)47)19-27-9-14-31(49-21(2)40)34(18-27)52-24(5)43/h7-18,35H,19H2,1-6H3,(H,46,47)/b12-7+,16-11+. The van der Waals surface area contributed by atoms with Crippen molar-refractivity contribution in [3.05, 3.63) is 76.9 Å². The fourth-order valence-corrected chi connectivity index (χ4v) is 4.56. The molecule has 16 nitrogen and oxygen atoms in total. The van der Waals surface area contributed by atoms with Crippen LogP contribution in [0, 0.1) is 0 Å². The molecule has 0 aliphatic rings. The molecule has 1 unspecified atom stereocenters. The second-order valence-corrected chi connectivity index (χ2v) is 11.1. The first kappa shape index (κ1) is 41.3. The molecular weight excluding hydrogens is 712 g/mol. The summed E-state index contributed by atoms with van der Waals surface area (Å²) in [6.45, 7) is 6.81. The van der Waals surface area contributed by atoms with Crippen molar-refractivity contribution in [3.8, 4) is 34.5 Å². The van der Waals surface area contributed by atoms with Gasteiger partial charge in [-0.25, -0.2) is 9.59 Å². The summed E-state index contributed by atoms with van der Waals surface area (Å²) in [4.78, 5) is 95.3. The molecule has 0 aliphatic carbocycles. The number of carboxylic acids is 1. The minimum absolute atomic E-state index is 0.0297. The fraction of sp³-hybridized carbons (Fsp3) is 0.211. The first-order valence-electron chi connectivity index (χ1n) is 15.8. The molecule has 54 heavy (non-hydrogen) atoms. The summed E-state index contributed by atoms with van der Waals surface area (Å²) in [5.41, 5.74) is 0.951. The van der Waals surface area contributed by atoms with Crippen LogP contribution in [0.1, 0.15) is 63.8 Å². The van der Waals surface area contributed by atoms with Crippen LogP contribution in [0.4, 0.5) is 0 Å². The number of aliphatic carboxylic acids is 1. The van der Waals surface area contributed by atoms with E-state index in [1.165, 1.54) is 73.7 Å². The Bertz CT molecular complexity index is 2060. The molecule has 282 valence electrons. The second kappa shape index (κ2) is 18.9. The maximum Gasteiger partial charge on any atom is 0.345 e. The molecule has 0 aliphatic heterocycles. The summed E-state index contributed by atoms with van der Waals surface area (Å²) in [5.74, 6) is -7.62. The number of esters is 7. The zero-order valence-corrected chi connectivity index (χ0v) is 29.8. The largest absolute Gasteiger partial charge is 0.478 e. The van der Waals surface area contributed by atoms with E-state index in [0.29, 0.717) is 5.56 Å². The SMILES string of the molecule is CC(=O)Oc1ccc(/C=C/c2c(/C=C/C(=O)OC(Cc3ccc(OC(C)=O)c(OC(C)=O)c3)C(=O)O)ccc(OC(C)=O)c2OC(C)=O)cc1OC(C)=O. The van der Waals surface area contributed by atoms with E-state index in [2.05, 4.69) is 0 Å². The van der Waals surface area contributed by atoms with Gasteiger partial charge in [0, 0.05) is 59.6 Å². The quantitative estimate of drug-likeness (QED) is 0.103. The predicted molar refractivity (Wildman–Crippen MR) is 186 cm³/mol. The van der Waals surface area contributed by atoms with Gasteiger partial charge in [-0.3, -0.25) is 28.8 Å². The van der Waals surface area contributed by atoms with Crippen LogP contribution in [-0.2, 0) is 49.5 Å². The molecule has 0 heterocycles. The molecule has 1 atom stereocenters. The molecule has 0 aromatic heterocycles. The van der Waals surface area contributed by atoms with Gasteiger partial charge in [-0.2, -0.15) is 0 Å². The smallest absolute Gasteiger partial charge is 0.345 e. The summed E-state index contributed by atoms with van der Waals surface area (Å²) in [5, 5.41) is 9.82. The van der Waals surface area contributed by atoms with Crippen LogP contribution in [0.2, 0.25) is 0 Å². The van der Waals surface area contributed by atoms with E-state index in [1.54, 1.807) is 0 Å². The van der Waals surface area contributed by atoms with Crippen molar-refractivity contribution in [1.29, 1.82) is 0 Å². The topological polar surface area (TPSA) is 221 Å². The molecular formula is C38H34O16. The highest BCUT2D eigenvalue weighted by Gasteiger charge is 2.24. The average Bonchev–Trinajstić information content (AvgIpc) is 3.04. The Kier molecular flexibility index (Phi) is 14.5. The average molecular weight is 747 g/mol. The summed E-state index contributed by atoms with van der Waals surface area (Å²) in [6, 6.07) is 10.9. The third kappa shape index (κ3) is 12.9. The lowest BCUT2D eigenvalue weighted by molar-refractivity contribution is -0.160. The van der Waals surface area contributed by atoms with Crippen molar-refractivity contribution in [2.24, 2.45) is 0 Å². The van der Waals surface area contributed by atoms with Crippen molar-refractivity contribution >= 4 is 66.0 Å². The van der Waals surface area contributed by atoms with Crippen LogP contribution in [0.25, 0.3) is 18.2 Å². The highest BCUT2D eigenvalue weighted by Crippen LogP contribution is 2.37. The Morgan fingerprint density at radius 3 is 1.57 bits per heavy atom. The third-order valence-electron chi connectivity index (χ3n) is 6.48. The van der Waals surface area contributed by atoms with Gasteiger partial charge in [0.1, 0.15) is 0 Å². The molecule has 0 saturated carbocycles. The number of benzene rings is 3. The van der Waals surface area contributed by atoms with Gasteiger partial charge in [0.15, 0.2) is 34.5 Å². The lowest BCUT2D eigenvalue weighted by Gasteiger charge is -2.15. The van der Waals surface area contributed by atoms with E-state index < -0.39 is 53.9 Å². The second-order valence-electron chi connectivity index (χ2n) is 11.1. The van der Waals surface area contributed by atoms with Crippen molar-refractivity contribution in [3.63, 3.8) is 0 Å². The molecule has 0 bridgehead atoms. The Morgan fingerprint density at radius 2 is 1.04 bits per heavy atom. The van der Waals surface area contributed by atoms with E-state index in [1.807, 2.05) is 0 Å². The summed E-state index contributed by atoms with van der Waals surface area (Å²) < 4.78 is 36.2. The zero-order valence-electron chi connectivity index (χ0n) is 29.8. The van der Waals surface area contributed by atoms with E-state index in [-0.39, 0.29) is 57.6 Å². The van der Waals surface area contributed by atoms with Crippen LogP contribution >= 0.6 is 0 Å². The minimum atomic E-state index is -1.73. The normalized spacial score (nSPS) is 11.3. The minimum Gasteiger partial charge on any atom is -0.478 e. The van der Waals surface area contributed by atoms with Crippen molar-refractivity contribution in [2.75, 3.05) is 0 Å². The molecule has 0 radical (unpaired) electrons. The first-order chi connectivity index (χ1) is 25.4. The Balaban J connectivity index is 2.01. The number of carbonyl (C=O) groups is 8. The van der Waals surface area contributed by atoms with E-state index in [0.717, 1.165) is 40.7 Å². The highest BCUT2D eigenvalue weighted by atomic mass is 16.6. The number of carbonyl (C=O) groups excluding carboxylic acids is 7. The van der Waals surface area contributed by atoms with Crippen LogP contribution in [0.5, 0.6) is 34.5 Å². The number of rotatable bonds is 14. The molecule has 0 saturated heterocycles. The highest BCUT2D eigenvalue weighted by molar-refractivity contribution is 5.92. The Morgan fingerprint density at radius 1 is 0.556 bits per heavy atom. The zero-order chi connectivity index (χ0) is 40.1.